The molecule has 0 radical (unpaired) electrons. The van der Waals surface area contributed by atoms with Crippen LogP contribution in [0.3, 0.4) is 0 Å². The van der Waals surface area contributed by atoms with Gasteiger partial charge in [-0.2, -0.15) is 0 Å². The maximum absolute atomic E-state index is 5.68. The fourth-order valence-electron chi connectivity index (χ4n) is 2.50. The Balaban J connectivity index is 1.98. The van der Waals surface area contributed by atoms with E-state index in [0.29, 0.717) is 0 Å². The Morgan fingerprint density at radius 1 is 1.00 bits per heavy atom. The zero-order chi connectivity index (χ0) is 14.8. The van der Waals surface area contributed by atoms with Crippen molar-refractivity contribution < 1.29 is 8.83 Å². The van der Waals surface area contributed by atoms with E-state index in [1.807, 2.05) is 6.26 Å². The molecule has 0 aromatic carbocycles. The van der Waals surface area contributed by atoms with Gasteiger partial charge in [-0.25, -0.2) is 4.98 Å². The molecule has 2 aromatic rings. The zero-order valence-electron chi connectivity index (χ0n) is 13.2. The summed E-state index contributed by atoms with van der Waals surface area (Å²) in [4.78, 5) is 4.21. The van der Waals surface area contributed by atoms with Gasteiger partial charge in [-0.1, -0.05) is 34.6 Å². The molecule has 2 rings (SSSR count). The molecule has 2 heterocycles. The van der Waals surface area contributed by atoms with Crippen LogP contribution in [0.5, 0.6) is 0 Å². The summed E-state index contributed by atoms with van der Waals surface area (Å²) in [5.41, 5.74) is 1.61. The highest BCUT2D eigenvalue weighted by atomic mass is 16.3. The zero-order valence-corrected chi connectivity index (χ0v) is 13.2. The number of nitrogens with zero attached hydrogens (tertiary/aromatic N) is 1. The van der Waals surface area contributed by atoms with Gasteiger partial charge in [-0.05, 0) is 28.9 Å². The fourth-order valence-corrected chi connectivity index (χ4v) is 2.50. The highest BCUT2D eigenvalue weighted by Crippen LogP contribution is 2.28. The maximum atomic E-state index is 5.68. The first-order valence-electron chi connectivity index (χ1n) is 7.18. The van der Waals surface area contributed by atoms with E-state index in [1.165, 1.54) is 5.56 Å². The summed E-state index contributed by atoms with van der Waals surface area (Å²) in [5, 5.41) is 0. The van der Waals surface area contributed by atoms with E-state index in [-0.39, 0.29) is 10.8 Å². The smallest absolute Gasteiger partial charge is 0.194 e. The first kappa shape index (κ1) is 14.9. The van der Waals surface area contributed by atoms with Gasteiger partial charge in [0.2, 0.25) is 0 Å². The molecule has 0 saturated heterocycles. The van der Waals surface area contributed by atoms with Crippen LogP contribution >= 0.6 is 0 Å². The van der Waals surface area contributed by atoms with E-state index in [1.54, 1.807) is 12.5 Å². The monoisotopic (exact) mass is 275 g/mol. The quantitative estimate of drug-likeness (QED) is 0.796. The van der Waals surface area contributed by atoms with Gasteiger partial charge in [0, 0.05) is 12.8 Å². The molecule has 0 amide bonds. The molecule has 0 fully saturated rings. The molecule has 2 aromatic heterocycles. The van der Waals surface area contributed by atoms with Crippen molar-refractivity contribution in [3.8, 4) is 0 Å². The maximum Gasteiger partial charge on any atom is 0.194 e. The summed E-state index contributed by atoms with van der Waals surface area (Å²) in [6, 6.07) is 2.18. The van der Waals surface area contributed by atoms with Crippen molar-refractivity contribution in [3.05, 3.63) is 42.0 Å². The summed E-state index contributed by atoms with van der Waals surface area (Å²) in [7, 11) is 0. The molecule has 110 valence electrons. The van der Waals surface area contributed by atoms with Crippen molar-refractivity contribution in [1.82, 2.24) is 4.98 Å². The standard InChI is InChI=1S/C17H25NO2/c1-16(2,3)10-14-8-13(12-20-14)9-17(4,5)11-15-18-6-7-19-15/h6-8,12H,9-11H2,1-5H3. The van der Waals surface area contributed by atoms with E-state index in [9.17, 15) is 0 Å². The van der Waals surface area contributed by atoms with Crippen LogP contribution in [0.2, 0.25) is 0 Å². The second kappa shape index (κ2) is 5.47. The summed E-state index contributed by atoms with van der Waals surface area (Å²) in [6.07, 6.45) is 7.98. The van der Waals surface area contributed by atoms with E-state index in [4.69, 9.17) is 8.83 Å². The van der Waals surface area contributed by atoms with Crippen LogP contribution in [-0.4, -0.2) is 4.98 Å². The molecule has 20 heavy (non-hydrogen) atoms. The van der Waals surface area contributed by atoms with Crippen molar-refractivity contribution in [2.75, 3.05) is 0 Å². The van der Waals surface area contributed by atoms with Gasteiger partial charge in [0.25, 0.3) is 0 Å². The van der Waals surface area contributed by atoms with Gasteiger partial charge < -0.3 is 8.83 Å². The Morgan fingerprint density at radius 2 is 1.75 bits per heavy atom. The summed E-state index contributed by atoms with van der Waals surface area (Å²) in [5.74, 6) is 1.87. The number of oxazole rings is 1. The Bertz CT molecular complexity index is 530. The lowest BCUT2D eigenvalue weighted by molar-refractivity contribution is 0.318. The number of aromatic nitrogens is 1. The summed E-state index contributed by atoms with van der Waals surface area (Å²) < 4.78 is 11.0. The predicted molar refractivity (Wildman–Crippen MR) is 79.6 cm³/mol. The van der Waals surface area contributed by atoms with Gasteiger partial charge in [0.15, 0.2) is 5.89 Å². The number of hydrogen-bond acceptors (Lipinski definition) is 3. The minimum atomic E-state index is 0.105. The minimum absolute atomic E-state index is 0.105. The molecule has 0 atom stereocenters. The molecule has 0 bridgehead atoms. The Kier molecular flexibility index (Phi) is 4.07. The van der Waals surface area contributed by atoms with Gasteiger partial charge in [-0.15, -0.1) is 0 Å². The highest BCUT2D eigenvalue weighted by Gasteiger charge is 2.23. The second-order valence-electron chi connectivity index (χ2n) is 7.60. The Labute approximate surface area is 121 Å². The highest BCUT2D eigenvalue weighted by molar-refractivity contribution is 5.16. The minimum Gasteiger partial charge on any atom is -0.469 e. The van der Waals surface area contributed by atoms with Crippen LogP contribution in [-0.2, 0) is 19.3 Å². The van der Waals surface area contributed by atoms with Crippen molar-refractivity contribution in [1.29, 1.82) is 0 Å². The lowest BCUT2D eigenvalue weighted by Gasteiger charge is -2.21. The molecule has 0 saturated carbocycles. The van der Waals surface area contributed by atoms with Crippen LogP contribution < -0.4 is 0 Å². The van der Waals surface area contributed by atoms with E-state index in [0.717, 1.165) is 30.9 Å². The molecule has 0 aliphatic carbocycles. The van der Waals surface area contributed by atoms with Crippen LogP contribution in [0.1, 0.15) is 51.8 Å². The SMILES string of the molecule is CC(C)(C)Cc1cc(CC(C)(C)Cc2ncco2)co1. The van der Waals surface area contributed by atoms with Crippen LogP contribution in [0, 0.1) is 10.8 Å². The second-order valence-corrected chi connectivity index (χ2v) is 7.60. The van der Waals surface area contributed by atoms with E-state index < -0.39 is 0 Å². The van der Waals surface area contributed by atoms with Crippen LogP contribution in [0.15, 0.2) is 33.6 Å². The van der Waals surface area contributed by atoms with E-state index in [2.05, 4.69) is 45.7 Å². The average Bonchev–Trinajstić information content (AvgIpc) is 2.87. The van der Waals surface area contributed by atoms with Gasteiger partial charge in [0.1, 0.15) is 12.0 Å². The molecule has 3 nitrogen and oxygen atoms in total. The molecule has 3 heteroatoms. The Morgan fingerprint density at radius 3 is 2.35 bits per heavy atom. The topological polar surface area (TPSA) is 39.2 Å². The van der Waals surface area contributed by atoms with Crippen LogP contribution in [0.25, 0.3) is 0 Å². The summed E-state index contributed by atoms with van der Waals surface area (Å²) >= 11 is 0. The van der Waals surface area contributed by atoms with Crippen LogP contribution in [0.4, 0.5) is 0 Å². The number of furan rings is 1. The van der Waals surface area contributed by atoms with Gasteiger partial charge in [-0.3, -0.25) is 0 Å². The van der Waals surface area contributed by atoms with Crippen molar-refractivity contribution >= 4 is 0 Å². The number of rotatable bonds is 5. The molecule has 0 spiro atoms. The third-order valence-electron chi connectivity index (χ3n) is 3.21. The first-order chi connectivity index (χ1) is 9.23. The third kappa shape index (κ3) is 4.55. The molecule has 0 aliphatic heterocycles. The van der Waals surface area contributed by atoms with Crippen molar-refractivity contribution in [2.24, 2.45) is 10.8 Å². The number of hydrogen-bond donors (Lipinski definition) is 0. The lowest BCUT2D eigenvalue weighted by Crippen LogP contribution is -2.18. The Hall–Kier alpha value is -1.51. The van der Waals surface area contributed by atoms with Gasteiger partial charge >= 0.3 is 0 Å². The van der Waals surface area contributed by atoms with E-state index >= 15 is 0 Å². The van der Waals surface area contributed by atoms with Gasteiger partial charge in [0.05, 0.1) is 12.5 Å². The molecule has 0 unspecified atom stereocenters. The normalized spacial score (nSPS) is 12.8. The lowest BCUT2D eigenvalue weighted by atomic mass is 9.83. The predicted octanol–water partition coefficient (Wildman–Crippen LogP) is 4.67. The fraction of sp³-hybridized carbons (Fsp3) is 0.588. The third-order valence-corrected chi connectivity index (χ3v) is 3.21. The molecular formula is C17H25NO2. The van der Waals surface area contributed by atoms with Crippen molar-refractivity contribution in [3.63, 3.8) is 0 Å². The molecular weight excluding hydrogens is 250 g/mol. The summed E-state index contributed by atoms with van der Waals surface area (Å²) in [6.45, 7) is 11.1. The molecule has 0 aliphatic rings. The first-order valence-corrected chi connectivity index (χ1v) is 7.18. The largest absolute Gasteiger partial charge is 0.469 e. The average molecular weight is 275 g/mol. The van der Waals surface area contributed by atoms with Crippen molar-refractivity contribution in [2.45, 2.75) is 53.9 Å². The molecule has 0 N–H and O–H groups in total.